The molecule has 5 rings (SSSR count). The minimum Gasteiger partial charge on any atom is -0.508 e. The second-order valence-corrected chi connectivity index (χ2v) is 8.74. The van der Waals surface area contributed by atoms with E-state index in [0.29, 0.717) is 29.1 Å². The molecular weight excluding hydrogens is 416 g/mol. The fourth-order valence-electron chi connectivity index (χ4n) is 4.68. The number of anilines is 1. The van der Waals surface area contributed by atoms with Crippen molar-refractivity contribution in [3.63, 3.8) is 0 Å². The summed E-state index contributed by atoms with van der Waals surface area (Å²) in [6, 6.07) is 7.91. The highest BCUT2D eigenvalue weighted by molar-refractivity contribution is 5.96. The van der Waals surface area contributed by atoms with Gasteiger partial charge in [0.1, 0.15) is 23.6 Å². The molecule has 0 amide bonds. The zero-order valence-corrected chi connectivity index (χ0v) is 18.9. The summed E-state index contributed by atoms with van der Waals surface area (Å²) in [5.74, 6) is 0.555. The Hall–Kier alpha value is -3.94. The number of hydrogen-bond donors (Lipinski definition) is 2. The molecule has 0 fully saturated rings. The summed E-state index contributed by atoms with van der Waals surface area (Å²) < 4.78 is 3.59. The van der Waals surface area contributed by atoms with E-state index < -0.39 is 0 Å². The van der Waals surface area contributed by atoms with Crippen molar-refractivity contribution >= 4 is 33.2 Å². The van der Waals surface area contributed by atoms with Gasteiger partial charge in [0.2, 0.25) is 0 Å². The van der Waals surface area contributed by atoms with Crippen molar-refractivity contribution in [2.45, 2.75) is 46.2 Å². The fourth-order valence-corrected chi connectivity index (χ4v) is 4.68. The lowest BCUT2D eigenvalue weighted by Crippen LogP contribution is -2.27. The topological polar surface area (TPSA) is 112 Å². The van der Waals surface area contributed by atoms with Gasteiger partial charge in [-0.25, -0.2) is 14.6 Å². The molecule has 0 atom stereocenters. The van der Waals surface area contributed by atoms with Crippen LogP contribution in [0.4, 0.5) is 5.82 Å². The third-order valence-electron chi connectivity index (χ3n) is 6.15. The highest BCUT2D eigenvalue weighted by atomic mass is 16.3. The molecule has 8 nitrogen and oxygen atoms in total. The van der Waals surface area contributed by atoms with Crippen LogP contribution in [0.5, 0.6) is 0 Å². The first-order valence-electron chi connectivity index (χ1n) is 11.1. The molecule has 1 aliphatic carbocycles. The summed E-state index contributed by atoms with van der Waals surface area (Å²) >= 11 is 0. The second kappa shape index (κ2) is 7.88. The van der Waals surface area contributed by atoms with Crippen LogP contribution in [-0.2, 0) is 6.54 Å². The molecule has 3 heterocycles. The Morgan fingerprint density at radius 2 is 2.03 bits per heavy atom. The number of fused-ring (bicyclic) bond motifs is 2. The number of rotatable bonds is 4. The summed E-state index contributed by atoms with van der Waals surface area (Å²) in [4.78, 5) is 22.1. The quantitative estimate of drug-likeness (QED) is 0.488. The van der Waals surface area contributed by atoms with Crippen LogP contribution >= 0.6 is 0 Å². The average molecular weight is 443 g/mol. The summed E-state index contributed by atoms with van der Waals surface area (Å²) in [7, 11) is 0. The van der Waals surface area contributed by atoms with Gasteiger partial charge in [-0.1, -0.05) is 18.2 Å². The lowest BCUT2D eigenvalue weighted by molar-refractivity contribution is 0.427. The van der Waals surface area contributed by atoms with E-state index in [2.05, 4.69) is 16.0 Å². The van der Waals surface area contributed by atoms with E-state index in [0.717, 1.165) is 40.4 Å². The molecule has 0 radical (unpaired) electrons. The van der Waals surface area contributed by atoms with Crippen molar-refractivity contribution in [1.82, 2.24) is 24.3 Å². The summed E-state index contributed by atoms with van der Waals surface area (Å²) in [5.41, 5.74) is 10.2. The number of aryl methyl sites for hydroxylation is 1. The van der Waals surface area contributed by atoms with Crippen LogP contribution < -0.4 is 11.3 Å². The van der Waals surface area contributed by atoms with Crippen LogP contribution in [0.3, 0.4) is 0 Å². The Labute approximate surface area is 190 Å². The number of aliphatic hydroxyl groups is 1. The van der Waals surface area contributed by atoms with Gasteiger partial charge in [0, 0.05) is 11.7 Å². The predicted octanol–water partition coefficient (Wildman–Crippen LogP) is 4.28. The van der Waals surface area contributed by atoms with Crippen LogP contribution in [0.15, 0.2) is 53.3 Å². The molecule has 0 bridgehead atoms. The lowest BCUT2D eigenvalue weighted by atomic mass is 9.99. The Morgan fingerprint density at radius 3 is 2.79 bits per heavy atom. The molecule has 3 aromatic heterocycles. The number of benzene rings is 1. The first kappa shape index (κ1) is 20.9. The zero-order chi connectivity index (χ0) is 23.3. The Balaban J connectivity index is 1.73. The molecule has 0 unspecified atom stereocenters. The number of allylic oxidation sites excluding steroid dienone is 3. The van der Waals surface area contributed by atoms with Gasteiger partial charge in [-0.2, -0.15) is 5.10 Å². The Bertz CT molecular complexity index is 1520. The average Bonchev–Trinajstić information content (AvgIpc) is 3.13. The maximum Gasteiger partial charge on any atom is 0.259 e. The monoisotopic (exact) mass is 442 g/mol. The van der Waals surface area contributed by atoms with Crippen LogP contribution in [0, 0.1) is 6.92 Å². The maximum absolute atomic E-state index is 13.5. The van der Waals surface area contributed by atoms with E-state index >= 15 is 0 Å². The van der Waals surface area contributed by atoms with Crippen molar-refractivity contribution in [3.05, 3.63) is 75.8 Å². The van der Waals surface area contributed by atoms with Crippen LogP contribution in [0.1, 0.15) is 49.7 Å². The predicted molar refractivity (Wildman–Crippen MR) is 130 cm³/mol. The molecule has 1 aromatic carbocycles. The van der Waals surface area contributed by atoms with Gasteiger partial charge in [0.25, 0.3) is 5.56 Å². The molecule has 0 saturated heterocycles. The van der Waals surface area contributed by atoms with Gasteiger partial charge < -0.3 is 15.4 Å². The molecule has 168 valence electrons. The third-order valence-corrected chi connectivity index (χ3v) is 6.15. The SMILES string of the molecule is Cc1cccc2cc(Cn3nc(C4=CC(O)=CCC4)c4c(N)ncnc43)n(C(C)C)c(=O)c12. The number of nitrogens with two attached hydrogens (primary N) is 1. The van der Waals surface area contributed by atoms with Crippen LogP contribution in [-0.4, -0.2) is 29.4 Å². The van der Waals surface area contributed by atoms with E-state index in [4.69, 9.17) is 10.8 Å². The van der Waals surface area contributed by atoms with Crippen LogP contribution in [0.25, 0.3) is 27.4 Å². The molecule has 4 aromatic rings. The van der Waals surface area contributed by atoms with Gasteiger partial charge in [-0.15, -0.1) is 0 Å². The molecule has 8 heteroatoms. The Morgan fingerprint density at radius 1 is 1.21 bits per heavy atom. The van der Waals surface area contributed by atoms with Gasteiger partial charge in [0.15, 0.2) is 5.65 Å². The number of pyridine rings is 1. The molecular formula is C25H26N6O2. The minimum absolute atomic E-state index is 0.00790. The molecule has 0 spiro atoms. The van der Waals surface area contributed by atoms with Crippen molar-refractivity contribution in [3.8, 4) is 0 Å². The number of aromatic nitrogens is 5. The number of aliphatic hydroxyl groups excluding tert-OH is 1. The van der Waals surface area contributed by atoms with E-state index in [9.17, 15) is 9.90 Å². The largest absolute Gasteiger partial charge is 0.508 e. The smallest absolute Gasteiger partial charge is 0.259 e. The van der Waals surface area contributed by atoms with Crippen molar-refractivity contribution in [2.24, 2.45) is 0 Å². The normalized spacial score (nSPS) is 14.2. The summed E-state index contributed by atoms with van der Waals surface area (Å²) in [5, 5.41) is 17.2. The molecule has 33 heavy (non-hydrogen) atoms. The summed E-state index contributed by atoms with van der Waals surface area (Å²) in [6.45, 7) is 6.32. The highest BCUT2D eigenvalue weighted by Crippen LogP contribution is 2.32. The maximum atomic E-state index is 13.5. The fraction of sp³-hybridized carbons (Fsp3) is 0.280. The standard InChI is InChI=1S/C25H26N6O2/c1-14(2)31-18(10-16-7-4-6-15(3)20(16)25(31)33)12-30-24-21(23(26)27-13-28-24)22(29-30)17-8-5-9-19(32)11-17/h4,6-7,9-11,13-14,32H,5,8,12H2,1-3H3,(H2,26,27,28). The van der Waals surface area contributed by atoms with Crippen molar-refractivity contribution in [1.29, 1.82) is 0 Å². The van der Waals surface area contributed by atoms with E-state index in [1.54, 1.807) is 16.8 Å². The van der Waals surface area contributed by atoms with E-state index in [1.165, 1.54) is 6.33 Å². The number of nitrogen functional groups attached to an aromatic ring is 1. The number of nitrogens with zero attached hydrogens (tertiary/aromatic N) is 5. The zero-order valence-electron chi connectivity index (χ0n) is 18.9. The van der Waals surface area contributed by atoms with Gasteiger partial charge >= 0.3 is 0 Å². The number of hydrogen-bond acceptors (Lipinski definition) is 6. The third kappa shape index (κ3) is 3.47. The first-order chi connectivity index (χ1) is 15.8. The first-order valence-corrected chi connectivity index (χ1v) is 11.1. The van der Waals surface area contributed by atoms with Gasteiger partial charge in [-0.3, -0.25) is 4.79 Å². The molecule has 0 aliphatic heterocycles. The minimum atomic E-state index is -0.0272. The van der Waals surface area contributed by atoms with E-state index in [1.807, 2.05) is 43.5 Å². The Kier molecular flexibility index (Phi) is 5.00. The summed E-state index contributed by atoms with van der Waals surface area (Å²) in [6.07, 6.45) is 6.37. The van der Waals surface area contributed by atoms with Crippen LogP contribution in [0.2, 0.25) is 0 Å². The van der Waals surface area contributed by atoms with Crippen molar-refractivity contribution in [2.75, 3.05) is 5.73 Å². The van der Waals surface area contributed by atoms with Crippen molar-refractivity contribution < 1.29 is 5.11 Å². The van der Waals surface area contributed by atoms with E-state index in [-0.39, 0.29) is 17.4 Å². The highest BCUT2D eigenvalue weighted by Gasteiger charge is 2.22. The molecule has 1 aliphatic rings. The second-order valence-electron chi connectivity index (χ2n) is 8.74. The molecule has 0 saturated carbocycles. The lowest BCUT2D eigenvalue weighted by Gasteiger charge is -2.18. The van der Waals surface area contributed by atoms with Gasteiger partial charge in [-0.05, 0) is 68.4 Å². The van der Waals surface area contributed by atoms with Gasteiger partial charge in [0.05, 0.1) is 17.3 Å². The molecule has 3 N–H and O–H groups in total.